The summed E-state index contributed by atoms with van der Waals surface area (Å²) in [5, 5.41) is 2.99. The van der Waals surface area contributed by atoms with Crippen LogP contribution in [0.4, 0.5) is 0 Å². The van der Waals surface area contributed by atoms with E-state index in [9.17, 15) is 4.79 Å². The van der Waals surface area contributed by atoms with Crippen molar-refractivity contribution in [3.05, 3.63) is 35.9 Å². The maximum atomic E-state index is 11.6. The first-order valence-corrected chi connectivity index (χ1v) is 8.36. The Morgan fingerprint density at radius 2 is 1.84 bits per heavy atom. The third-order valence-corrected chi connectivity index (χ3v) is 3.95. The highest BCUT2D eigenvalue weighted by atomic mass is 32.2. The van der Waals surface area contributed by atoms with Crippen molar-refractivity contribution in [2.75, 3.05) is 12.3 Å². The van der Waals surface area contributed by atoms with Crippen molar-refractivity contribution in [2.24, 2.45) is 0 Å². The van der Waals surface area contributed by atoms with E-state index >= 15 is 0 Å². The fraction of sp³-hybridized carbons (Fsp3) is 0.562. The number of hydrogen-bond donors (Lipinski definition) is 1. The van der Waals surface area contributed by atoms with Crippen molar-refractivity contribution in [1.29, 1.82) is 0 Å². The molecule has 0 aliphatic heterocycles. The molecule has 2 nitrogen and oxygen atoms in total. The van der Waals surface area contributed by atoms with Crippen molar-refractivity contribution in [2.45, 2.75) is 44.8 Å². The van der Waals surface area contributed by atoms with Crippen molar-refractivity contribution >= 4 is 17.7 Å². The molecule has 1 N–H and O–H groups in total. The third-order valence-electron chi connectivity index (χ3n) is 2.95. The molecule has 0 aliphatic carbocycles. The Kier molecular flexibility index (Phi) is 9.25. The summed E-state index contributed by atoms with van der Waals surface area (Å²) in [6.07, 6.45) is 6.19. The predicted molar refractivity (Wildman–Crippen MR) is 84.4 cm³/mol. The average molecular weight is 279 g/mol. The van der Waals surface area contributed by atoms with Gasteiger partial charge in [0.2, 0.25) is 5.91 Å². The van der Waals surface area contributed by atoms with Gasteiger partial charge in [-0.3, -0.25) is 4.79 Å². The molecule has 19 heavy (non-hydrogen) atoms. The normalized spacial score (nSPS) is 10.4. The fourth-order valence-corrected chi connectivity index (χ4v) is 2.66. The van der Waals surface area contributed by atoms with E-state index in [1.807, 2.05) is 18.2 Å². The summed E-state index contributed by atoms with van der Waals surface area (Å²) in [4.78, 5) is 11.6. The molecule has 0 fully saturated rings. The maximum absolute atomic E-state index is 11.6. The standard InChI is InChI=1S/C16H25NOS/c1-2-3-4-5-9-12-17-16(18)14-19-13-15-10-7-6-8-11-15/h6-8,10-11H,2-5,9,12-14H2,1H3,(H,17,18). The first kappa shape index (κ1) is 16.1. The number of thioether (sulfide) groups is 1. The van der Waals surface area contributed by atoms with Gasteiger partial charge in [-0.1, -0.05) is 62.9 Å². The summed E-state index contributed by atoms with van der Waals surface area (Å²) in [6, 6.07) is 10.3. The molecular weight excluding hydrogens is 254 g/mol. The van der Waals surface area contributed by atoms with E-state index in [1.165, 1.54) is 31.2 Å². The summed E-state index contributed by atoms with van der Waals surface area (Å²) >= 11 is 1.67. The molecule has 0 radical (unpaired) electrons. The molecular formula is C16H25NOS. The number of hydrogen-bond acceptors (Lipinski definition) is 2. The molecule has 0 aromatic heterocycles. The van der Waals surface area contributed by atoms with Crippen molar-refractivity contribution in [1.82, 2.24) is 5.32 Å². The SMILES string of the molecule is CCCCCCCNC(=O)CSCc1ccccc1. The topological polar surface area (TPSA) is 29.1 Å². The van der Waals surface area contributed by atoms with Crippen LogP contribution < -0.4 is 5.32 Å². The van der Waals surface area contributed by atoms with Gasteiger partial charge in [-0.25, -0.2) is 0 Å². The van der Waals surface area contributed by atoms with Gasteiger partial charge in [0, 0.05) is 12.3 Å². The molecule has 0 aliphatic rings. The van der Waals surface area contributed by atoms with Gasteiger partial charge in [0.05, 0.1) is 5.75 Å². The number of benzene rings is 1. The molecule has 0 saturated carbocycles. The Hall–Kier alpha value is -0.960. The third kappa shape index (κ3) is 8.71. The second kappa shape index (κ2) is 10.9. The Bertz CT molecular complexity index is 340. The number of rotatable bonds is 10. The van der Waals surface area contributed by atoms with Crippen LogP contribution in [0, 0.1) is 0 Å². The molecule has 106 valence electrons. The molecule has 0 spiro atoms. The second-order valence-corrected chi connectivity index (χ2v) is 5.73. The van der Waals surface area contributed by atoms with Crippen LogP contribution in [0.2, 0.25) is 0 Å². The van der Waals surface area contributed by atoms with E-state index in [0.717, 1.165) is 18.7 Å². The van der Waals surface area contributed by atoms with E-state index in [2.05, 4.69) is 24.4 Å². The van der Waals surface area contributed by atoms with Gasteiger partial charge in [0.25, 0.3) is 0 Å². The largest absolute Gasteiger partial charge is 0.355 e. The van der Waals surface area contributed by atoms with Gasteiger partial charge >= 0.3 is 0 Å². The van der Waals surface area contributed by atoms with Crippen LogP contribution in [0.3, 0.4) is 0 Å². The van der Waals surface area contributed by atoms with Crippen LogP contribution >= 0.6 is 11.8 Å². The summed E-state index contributed by atoms with van der Waals surface area (Å²) in [7, 11) is 0. The molecule has 3 heteroatoms. The fourth-order valence-electron chi connectivity index (χ4n) is 1.84. The highest BCUT2D eigenvalue weighted by Crippen LogP contribution is 2.11. The van der Waals surface area contributed by atoms with Gasteiger partial charge in [-0.2, -0.15) is 0 Å². The molecule has 0 unspecified atom stereocenters. The lowest BCUT2D eigenvalue weighted by Gasteiger charge is -2.05. The Labute approximate surface area is 121 Å². The lowest BCUT2D eigenvalue weighted by molar-refractivity contribution is -0.118. The average Bonchev–Trinajstić information content (AvgIpc) is 2.44. The second-order valence-electron chi connectivity index (χ2n) is 4.74. The Morgan fingerprint density at radius 1 is 1.11 bits per heavy atom. The molecule has 1 rings (SSSR count). The molecule has 1 aromatic carbocycles. The molecule has 0 saturated heterocycles. The molecule has 1 aromatic rings. The Morgan fingerprint density at radius 3 is 2.58 bits per heavy atom. The molecule has 0 atom stereocenters. The highest BCUT2D eigenvalue weighted by Gasteiger charge is 2.01. The van der Waals surface area contributed by atoms with E-state index in [4.69, 9.17) is 0 Å². The minimum absolute atomic E-state index is 0.163. The number of carbonyl (C=O) groups excluding carboxylic acids is 1. The number of carbonyl (C=O) groups is 1. The van der Waals surface area contributed by atoms with Crippen LogP contribution in [0.1, 0.15) is 44.6 Å². The first-order chi connectivity index (χ1) is 9.33. The molecule has 0 heterocycles. The summed E-state index contributed by atoms with van der Waals surface area (Å²) in [5.41, 5.74) is 1.28. The van der Waals surface area contributed by atoms with Gasteiger partial charge < -0.3 is 5.32 Å². The lowest BCUT2D eigenvalue weighted by Crippen LogP contribution is -2.26. The van der Waals surface area contributed by atoms with Crippen LogP contribution in [-0.2, 0) is 10.5 Å². The van der Waals surface area contributed by atoms with E-state index < -0.39 is 0 Å². The zero-order valence-corrected chi connectivity index (χ0v) is 12.7. The minimum Gasteiger partial charge on any atom is -0.355 e. The monoisotopic (exact) mass is 279 g/mol. The van der Waals surface area contributed by atoms with Gasteiger partial charge in [0.1, 0.15) is 0 Å². The number of amides is 1. The van der Waals surface area contributed by atoms with Crippen molar-refractivity contribution in [3.8, 4) is 0 Å². The lowest BCUT2D eigenvalue weighted by atomic mass is 10.1. The zero-order valence-electron chi connectivity index (χ0n) is 11.9. The quantitative estimate of drug-likeness (QED) is 0.656. The molecule has 1 amide bonds. The van der Waals surface area contributed by atoms with Gasteiger partial charge in [-0.05, 0) is 12.0 Å². The van der Waals surface area contributed by atoms with Gasteiger partial charge in [-0.15, -0.1) is 11.8 Å². The number of unbranched alkanes of at least 4 members (excludes halogenated alkanes) is 4. The Balaban J connectivity index is 1.96. The summed E-state index contributed by atoms with van der Waals surface area (Å²) < 4.78 is 0. The summed E-state index contributed by atoms with van der Waals surface area (Å²) in [5.74, 6) is 1.63. The minimum atomic E-state index is 0.163. The highest BCUT2D eigenvalue weighted by molar-refractivity contribution is 7.99. The smallest absolute Gasteiger partial charge is 0.230 e. The van der Waals surface area contributed by atoms with Crippen LogP contribution in [0.15, 0.2) is 30.3 Å². The van der Waals surface area contributed by atoms with Crippen molar-refractivity contribution in [3.63, 3.8) is 0 Å². The predicted octanol–water partition coefficient (Wildman–Crippen LogP) is 4.01. The number of nitrogens with one attached hydrogen (secondary N) is 1. The first-order valence-electron chi connectivity index (χ1n) is 7.21. The zero-order chi connectivity index (χ0) is 13.8. The van der Waals surface area contributed by atoms with Crippen LogP contribution in [-0.4, -0.2) is 18.2 Å². The van der Waals surface area contributed by atoms with Crippen molar-refractivity contribution < 1.29 is 4.79 Å². The maximum Gasteiger partial charge on any atom is 0.230 e. The van der Waals surface area contributed by atoms with E-state index in [1.54, 1.807) is 11.8 Å². The summed E-state index contributed by atoms with van der Waals surface area (Å²) in [6.45, 7) is 3.04. The van der Waals surface area contributed by atoms with Crippen LogP contribution in [0.25, 0.3) is 0 Å². The molecule has 0 bridgehead atoms. The van der Waals surface area contributed by atoms with Crippen LogP contribution in [0.5, 0.6) is 0 Å². The van der Waals surface area contributed by atoms with E-state index in [-0.39, 0.29) is 5.91 Å². The van der Waals surface area contributed by atoms with Gasteiger partial charge in [0.15, 0.2) is 0 Å². The van der Waals surface area contributed by atoms with E-state index in [0.29, 0.717) is 5.75 Å².